The van der Waals surface area contributed by atoms with Gasteiger partial charge in [-0.15, -0.1) is 0 Å². The summed E-state index contributed by atoms with van der Waals surface area (Å²) in [4.78, 5) is 12.3. The Morgan fingerprint density at radius 2 is 1.40 bits per heavy atom. The van der Waals surface area contributed by atoms with Crippen LogP contribution >= 0.6 is 11.6 Å². The fraction of sp³-hybridized carbons (Fsp3) is 0.0952. The molecule has 3 rings (SSSR count). The zero-order chi connectivity index (χ0) is 21.7. The van der Waals surface area contributed by atoms with E-state index in [9.17, 15) is 13.2 Å². The average molecular weight is 447 g/mol. The number of hydrogen-bond donors (Lipinski definition) is 2. The molecular weight excluding hydrogens is 428 g/mol. The van der Waals surface area contributed by atoms with Gasteiger partial charge in [0.2, 0.25) is 10.0 Å². The molecule has 0 saturated heterocycles. The molecule has 1 atom stereocenters. The third-order valence-corrected chi connectivity index (χ3v) is 5.19. The van der Waals surface area contributed by atoms with Gasteiger partial charge in [-0.25, -0.2) is 13.6 Å². The molecule has 156 valence electrons. The van der Waals surface area contributed by atoms with Gasteiger partial charge < -0.3 is 14.8 Å². The first-order chi connectivity index (χ1) is 14.2. The van der Waals surface area contributed by atoms with Crippen LogP contribution < -0.4 is 19.9 Å². The fourth-order valence-electron chi connectivity index (χ4n) is 2.45. The molecule has 0 aliphatic carbocycles. The summed E-state index contributed by atoms with van der Waals surface area (Å²) in [5.74, 6) is 1.36. The van der Waals surface area contributed by atoms with Gasteiger partial charge in [0.15, 0.2) is 6.10 Å². The van der Waals surface area contributed by atoms with Crippen LogP contribution in [0.15, 0.2) is 77.7 Å². The first-order valence-corrected chi connectivity index (χ1v) is 10.8. The fourth-order valence-corrected chi connectivity index (χ4v) is 3.10. The Morgan fingerprint density at radius 1 is 0.900 bits per heavy atom. The molecule has 30 heavy (non-hydrogen) atoms. The average Bonchev–Trinajstić information content (AvgIpc) is 2.71. The van der Waals surface area contributed by atoms with Gasteiger partial charge in [-0.1, -0.05) is 11.6 Å². The second kappa shape index (κ2) is 9.17. The standard InChI is InChI=1S/C21H19ClN2O5S/c1-14(21(25)24-16-4-12-20(13-5-16)30(23,26)27)28-17-8-10-19(11-9-17)29-18-6-2-15(22)3-7-18/h2-14H,1H3,(H,24,25)(H2,23,26,27). The number of benzene rings is 3. The molecule has 0 aromatic heterocycles. The molecule has 0 bridgehead atoms. The van der Waals surface area contributed by atoms with Crippen LogP contribution in [0.4, 0.5) is 5.69 Å². The molecular formula is C21H19ClN2O5S. The van der Waals surface area contributed by atoms with Crippen LogP contribution in [-0.2, 0) is 14.8 Å². The van der Waals surface area contributed by atoms with E-state index in [1.807, 2.05) is 0 Å². The van der Waals surface area contributed by atoms with Crippen LogP contribution in [0.1, 0.15) is 6.92 Å². The second-order valence-corrected chi connectivity index (χ2v) is 8.34. The quantitative estimate of drug-likeness (QED) is 0.565. The smallest absolute Gasteiger partial charge is 0.265 e. The lowest BCUT2D eigenvalue weighted by atomic mass is 10.3. The number of sulfonamides is 1. The number of anilines is 1. The van der Waals surface area contributed by atoms with Crippen LogP contribution in [0, 0.1) is 0 Å². The van der Waals surface area contributed by atoms with Crippen molar-refractivity contribution in [1.29, 1.82) is 0 Å². The Bertz CT molecular complexity index is 1120. The van der Waals surface area contributed by atoms with Gasteiger partial charge in [-0.05, 0) is 79.7 Å². The van der Waals surface area contributed by atoms with E-state index >= 15 is 0 Å². The topological polar surface area (TPSA) is 108 Å². The molecule has 3 N–H and O–H groups in total. The number of ether oxygens (including phenoxy) is 2. The predicted molar refractivity (Wildman–Crippen MR) is 115 cm³/mol. The minimum absolute atomic E-state index is 0.0364. The van der Waals surface area contributed by atoms with Crippen molar-refractivity contribution in [3.63, 3.8) is 0 Å². The number of hydrogen-bond acceptors (Lipinski definition) is 5. The highest BCUT2D eigenvalue weighted by Crippen LogP contribution is 2.25. The Balaban J connectivity index is 1.56. The molecule has 9 heteroatoms. The second-order valence-electron chi connectivity index (χ2n) is 6.35. The van der Waals surface area contributed by atoms with Gasteiger partial charge in [0, 0.05) is 10.7 Å². The van der Waals surface area contributed by atoms with Gasteiger partial charge in [0.1, 0.15) is 17.2 Å². The third-order valence-electron chi connectivity index (χ3n) is 4.01. The van der Waals surface area contributed by atoms with Crippen molar-refractivity contribution in [2.24, 2.45) is 5.14 Å². The Kier molecular flexibility index (Phi) is 6.61. The van der Waals surface area contributed by atoms with Gasteiger partial charge >= 0.3 is 0 Å². The summed E-state index contributed by atoms with van der Waals surface area (Å²) < 4.78 is 33.9. The normalized spacial score (nSPS) is 12.1. The number of rotatable bonds is 7. The van der Waals surface area contributed by atoms with E-state index in [4.69, 9.17) is 26.2 Å². The predicted octanol–water partition coefficient (Wildman–Crippen LogP) is 4.19. The maximum Gasteiger partial charge on any atom is 0.265 e. The van der Waals surface area contributed by atoms with E-state index in [1.165, 1.54) is 24.3 Å². The summed E-state index contributed by atoms with van der Waals surface area (Å²) in [6.07, 6.45) is -0.786. The molecule has 0 saturated carbocycles. The monoisotopic (exact) mass is 446 g/mol. The van der Waals surface area contributed by atoms with E-state index in [0.29, 0.717) is 28.0 Å². The Morgan fingerprint density at radius 3 is 1.93 bits per heavy atom. The lowest BCUT2D eigenvalue weighted by Crippen LogP contribution is -2.30. The molecule has 0 fully saturated rings. The molecule has 0 aliphatic rings. The first kappa shape index (κ1) is 21.6. The Hall–Kier alpha value is -3.07. The largest absolute Gasteiger partial charge is 0.481 e. The highest BCUT2D eigenvalue weighted by atomic mass is 35.5. The van der Waals surface area contributed by atoms with E-state index < -0.39 is 16.1 Å². The van der Waals surface area contributed by atoms with Gasteiger partial charge in [0.25, 0.3) is 5.91 Å². The molecule has 0 heterocycles. The minimum Gasteiger partial charge on any atom is -0.481 e. The summed E-state index contributed by atoms with van der Waals surface area (Å²) >= 11 is 5.85. The Labute approximate surface area is 179 Å². The van der Waals surface area contributed by atoms with Crippen molar-refractivity contribution in [2.45, 2.75) is 17.9 Å². The number of nitrogens with one attached hydrogen (secondary N) is 1. The van der Waals surface area contributed by atoms with Gasteiger partial charge in [0.05, 0.1) is 4.90 Å². The summed E-state index contributed by atoms with van der Waals surface area (Å²) in [6.45, 7) is 1.60. The van der Waals surface area contributed by atoms with Crippen LogP contribution in [0.25, 0.3) is 0 Å². The minimum atomic E-state index is -3.78. The van der Waals surface area contributed by atoms with Crippen LogP contribution in [0.2, 0.25) is 5.02 Å². The number of nitrogens with two attached hydrogens (primary N) is 1. The first-order valence-electron chi connectivity index (χ1n) is 8.84. The maximum absolute atomic E-state index is 12.3. The number of carbonyl (C=O) groups is 1. The highest BCUT2D eigenvalue weighted by Gasteiger charge is 2.15. The number of carbonyl (C=O) groups excluding carboxylic acids is 1. The van der Waals surface area contributed by atoms with Crippen LogP contribution in [-0.4, -0.2) is 20.4 Å². The molecule has 3 aromatic rings. The molecule has 7 nitrogen and oxygen atoms in total. The van der Waals surface area contributed by atoms with Crippen molar-refractivity contribution >= 4 is 33.2 Å². The van der Waals surface area contributed by atoms with Crippen molar-refractivity contribution in [1.82, 2.24) is 0 Å². The number of primary sulfonamides is 1. The lowest BCUT2D eigenvalue weighted by Gasteiger charge is -2.15. The number of halogens is 1. The number of amides is 1. The van der Waals surface area contributed by atoms with Crippen LogP contribution in [0.3, 0.4) is 0 Å². The molecule has 1 unspecified atom stereocenters. The summed E-state index contributed by atoms with van der Waals surface area (Å²) in [5.41, 5.74) is 0.426. The van der Waals surface area contributed by atoms with E-state index in [0.717, 1.165) is 0 Å². The summed E-state index contributed by atoms with van der Waals surface area (Å²) in [7, 11) is -3.78. The van der Waals surface area contributed by atoms with Gasteiger partial charge in [-0.2, -0.15) is 0 Å². The molecule has 0 aliphatic heterocycles. The van der Waals surface area contributed by atoms with Crippen molar-refractivity contribution < 1.29 is 22.7 Å². The third kappa shape index (κ3) is 5.96. The summed E-state index contributed by atoms with van der Waals surface area (Å²) in [6, 6.07) is 19.3. The molecule has 3 aromatic carbocycles. The zero-order valence-corrected chi connectivity index (χ0v) is 17.5. The van der Waals surface area contributed by atoms with Crippen molar-refractivity contribution in [3.8, 4) is 17.2 Å². The van der Waals surface area contributed by atoms with Crippen LogP contribution in [0.5, 0.6) is 17.2 Å². The van der Waals surface area contributed by atoms with Crippen molar-refractivity contribution in [2.75, 3.05) is 5.32 Å². The SMILES string of the molecule is CC(Oc1ccc(Oc2ccc(Cl)cc2)cc1)C(=O)Nc1ccc(S(N)(=O)=O)cc1. The van der Waals surface area contributed by atoms with E-state index in [2.05, 4.69) is 5.32 Å². The highest BCUT2D eigenvalue weighted by molar-refractivity contribution is 7.89. The molecule has 0 spiro atoms. The summed E-state index contributed by atoms with van der Waals surface area (Å²) in [5, 5.41) is 8.33. The zero-order valence-electron chi connectivity index (χ0n) is 15.9. The van der Waals surface area contributed by atoms with E-state index in [1.54, 1.807) is 55.5 Å². The van der Waals surface area contributed by atoms with E-state index in [-0.39, 0.29) is 10.8 Å². The lowest BCUT2D eigenvalue weighted by molar-refractivity contribution is -0.122. The molecule has 1 amide bonds. The maximum atomic E-state index is 12.3. The van der Waals surface area contributed by atoms with Gasteiger partial charge in [-0.3, -0.25) is 4.79 Å². The molecule has 0 radical (unpaired) electrons. The van der Waals surface area contributed by atoms with Crippen molar-refractivity contribution in [3.05, 3.63) is 77.8 Å².